The van der Waals surface area contributed by atoms with Gasteiger partial charge in [-0.1, -0.05) is 146 Å². The molecule has 55 heavy (non-hydrogen) atoms. The minimum absolute atomic E-state index is 0.620. The Kier molecular flexibility index (Phi) is 8.04. The predicted molar refractivity (Wildman–Crippen MR) is 221 cm³/mol. The second kappa shape index (κ2) is 13.8. The highest BCUT2D eigenvalue weighted by Gasteiger charge is 2.18. The average Bonchev–Trinajstić information content (AvgIpc) is 3.65. The molecule has 6 nitrogen and oxygen atoms in total. The molecule has 10 aromatic rings. The number of benzene rings is 6. The smallest absolute Gasteiger partial charge is 0.160 e. The van der Waals surface area contributed by atoms with Crippen LogP contribution in [-0.4, -0.2) is 24.9 Å². The number of nitrogens with zero attached hydrogens (tertiary/aromatic N) is 5. The van der Waals surface area contributed by atoms with Crippen molar-refractivity contribution in [3.8, 4) is 79.2 Å². The summed E-state index contributed by atoms with van der Waals surface area (Å²) in [4.78, 5) is 25.7. The minimum Gasteiger partial charge on any atom is -0.456 e. The van der Waals surface area contributed by atoms with Crippen LogP contribution in [0, 0.1) is 0 Å². The monoisotopic (exact) mass is 705 g/mol. The molecule has 0 bridgehead atoms. The maximum Gasteiger partial charge on any atom is 0.160 e. The summed E-state index contributed by atoms with van der Waals surface area (Å²) in [6.45, 7) is 0. The summed E-state index contributed by atoms with van der Waals surface area (Å²) in [7, 11) is 0. The molecule has 0 atom stereocenters. The Morgan fingerprint density at radius 3 is 1.20 bits per heavy atom. The first-order valence-corrected chi connectivity index (χ1v) is 18.2. The molecule has 4 heterocycles. The quantitative estimate of drug-likeness (QED) is 0.164. The van der Waals surface area contributed by atoms with E-state index in [9.17, 15) is 0 Å². The molecular weight excluding hydrogens is 675 g/mol. The van der Waals surface area contributed by atoms with Crippen molar-refractivity contribution in [3.05, 3.63) is 188 Å². The Bertz CT molecular complexity index is 2700. The number of para-hydroxylation sites is 1. The molecule has 0 saturated heterocycles. The van der Waals surface area contributed by atoms with Crippen molar-refractivity contribution in [2.24, 2.45) is 0 Å². The number of fused-ring (bicyclic) bond motifs is 3. The number of pyridine rings is 1. The van der Waals surface area contributed by atoms with Crippen LogP contribution >= 0.6 is 0 Å². The molecule has 0 amide bonds. The van der Waals surface area contributed by atoms with Gasteiger partial charge in [0.2, 0.25) is 0 Å². The van der Waals surface area contributed by atoms with E-state index in [2.05, 4.69) is 60.7 Å². The Morgan fingerprint density at radius 2 is 0.673 bits per heavy atom. The average molecular weight is 706 g/mol. The summed E-state index contributed by atoms with van der Waals surface area (Å²) in [5.74, 6) is 1.24. The lowest BCUT2D eigenvalue weighted by atomic mass is 10.00. The first kappa shape index (κ1) is 32.1. The topological polar surface area (TPSA) is 77.6 Å². The van der Waals surface area contributed by atoms with E-state index in [4.69, 9.17) is 29.3 Å². The third-order valence-electron chi connectivity index (χ3n) is 9.72. The standard InChI is InChI=1S/C49H31N5O/c1-5-15-32(16-6-1)40-30-44(53-48(51-40)34-19-9-3-10-20-34)42-27-37(36-25-26-39-38-23-13-14-24-46(38)55-47(39)29-36)28-43(50-42)45-31-41(33-17-7-2-8-18-33)52-49(54-45)35-21-11-4-12-22-35/h1-31H. The van der Waals surface area contributed by atoms with E-state index >= 15 is 0 Å². The molecular formula is C49H31N5O. The minimum atomic E-state index is 0.620. The second-order valence-corrected chi connectivity index (χ2v) is 13.3. The second-order valence-electron chi connectivity index (χ2n) is 13.3. The van der Waals surface area contributed by atoms with Gasteiger partial charge in [0.05, 0.1) is 34.2 Å². The molecule has 4 aromatic heterocycles. The third-order valence-corrected chi connectivity index (χ3v) is 9.72. The molecule has 0 aliphatic rings. The lowest BCUT2D eigenvalue weighted by molar-refractivity contribution is 0.669. The molecule has 0 fully saturated rings. The van der Waals surface area contributed by atoms with E-state index in [0.29, 0.717) is 34.4 Å². The van der Waals surface area contributed by atoms with Crippen LogP contribution in [0.5, 0.6) is 0 Å². The van der Waals surface area contributed by atoms with E-state index in [1.807, 2.05) is 127 Å². The van der Waals surface area contributed by atoms with Crippen LogP contribution in [0.3, 0.4) is 0 Å². The molecule has 0 aliphatic heterocycles. The van der Waals surface area contributed by atoms with Crippen LogP contribution in [-0.2, 0) is 0 Å². The summed E-state index contributed by atoms with van der Waals surface area (Å²) in [6.07, 6.45) is 0. The zero-order chi connectivity index (χ0) is 36.6. The molecule has 10 rings (SSSR count). The van der Waals surface area contributed by atoms with Gasteiger partial charge in [0.25, 0.3) is 0 Å². The van der Waals surface area contributed by atoms with Gasteiger partial charge in [-0.25, -0.2) is 24.9 Å². The van der Waals surface area contributed by atoms with E-state index in [1.165, 1.54) is 0 Å². The Hall–Kier alpha value is -7.57. The first-order valence-electron chi connectivity index (χ1n) is 18.2. The fourth-order valence-corrected chi connectivity index (χ4v) is 6.97. The molecule has 0 spiro atoms. The number of hydrogen-bond donors (Lipinski definition) is 0. The maximum absolute atomic E-state index is 6.35. The van der Waals surface area contributed by atoms with Gasteiger partial charge >= 0.3 is 0 Å². The Balaban J connectivity index is 1.22. The third kappa shape index (κ3) is 6.32. The normalized spacial score (nSPS) is 11.3. The van der Waals surface area contributed by atoms with Crippen LogP contribution in [0.1, 0.15) is 0 Å². The maximum atomic E-state index is 6.35. The van der Waals surface area contributed by atoms with Crippen LogP contribution in [0.15, 0.2) is 192 Å². The fourth-order valence-electron chi connectivity index (χ4n) is 6.97. The van der Waals surface area contributed by atoms with E-state index in [-0.39, 0.29) is 0 Å². The van der Waals surface area contributed by atoms with E-state index in [1.54, 1.807) is 0 Å². The van der Waals surface area contributed by atoms with Gasteiger partial charge in [-0.2, -0.15) is 0 Å². The van der Waals surface area contributed by atoms with E-state index < -0.39 is 0 Å². The predicted octanol–water partition coefficient (Wildman–Crippen LogP) is 12.2. The SMILES string of the molecule is c1ccc(-c2cc(-c3cc(-c4ccc5c(c4)oc4ccccc45)cc(-c4cc(-c5ccccc5)nc(-c5ccccc5)n4)n3)nc(-c3ccccc3)n2)cc1. The van der Waals surface area contributed by atoms with Gasteiger partial charge < -0.3 is 4.42 Å². The van der Waals surface area contributed by atoms with Crippen molar-refractivity contribution < 1.29 is 4.42 Å². The summed E-state index contributed by atoms with van der Waals surface area (Å²) in [5, 5.41) is 2.16. The lowest BCUT2D eigenvalue weighted by Crippen LogP contribution is -2.00. The molecule has 258 valence electrons. The highest BCUT2D eigenvalue weighted by molar-refractivity contribution is 6.06. The van der Waals surface area contributed by atoms with Gasteiger partial charge in [-0.15, -0.1) is 0 Å². The molecule has 0 N–H and O–H groups in total. The van der Waals surface area contributed by atoms with Gasteiger partial charge in [-0.3, -0.25) is 0 Å². The van der Waals surface area contributed by atoms with Crippen LogP contribution in [0.25, 0.3) is 101 Å². The zero-order valence-corrected chi connectivity index (χ0v) is 29.5. The van der Waals surface area contributed by atoms with Gasteiger partial charge in [0, 0.05) is 33.0 Å². The van der Waals surface area contributed by atoms with Gasteiger partial charge in [0.1, 0.15) is 11.2 Å². The number of rotatable bonds is 7. The molecule has 0 aliphatic carbocycles. The Labute approximate surface area is 317 Å². The summed E-state index contributed by atoms with van der Waals surface area (Å²) in [6, 6.07) is 63.2. The summed E-state index contributed by atoms with van der Waals surface area (Å²) < 4.78 is 6.35. The molecule has 0 unspecified atom stereocenters. The van der Waals surface area contributed by atoms with E-state index in [0.717, 1.165) is 66.7 Å². The molecule has 6 heteroatoms. The number of aromatic nitrogens is 5. The van der Waals surface area contributed by atoms with Crippen LogP contribution in [0.2, 0.25) is 0 Å². The van der Waals surface area contributed by atoms with Crippen molar-refractivity contribution in [1.29, 1.82) is 0 Å². The Morgan fingerprint density at radius 1 is 0.255 bits per heavy atom. The number of hydrogen-bond acceptors (Lipinski definition) is 6. The van der Waals surface area contributed by atoms with Gasteiger partial charge in [-0.05, 0) is 53.6 Å². The highest BCUT2D eigenvalue weighted by Crippen LogP contribution is 2.36. The molecule has 0 saturated carbocycles. The highest BCUT2D eigenvalue weighted by atomic mass is 16.3. The van der Waals surface area contributed by atoms with Crippen molar-refractivity contribution in [2.75, 3.05) is 0 Å². The first-order chi connectivity index (χ1) is 27.2. The number of furan rings is 1. The molecule has 6 aromatic carbocycles. The van der Waals surface area contributed by atoms with Crippen molar-refractivity contribution >= 4 is 21.9 Å². The van der Waals surface area contributed by atoms with Crippen LogP contribution < -0.4 is 0 Å². The molecule has 0 radical (unpaired) electrons. The summed E-state index contributed by atoms with van der Waals surface area (Å²) in [5.41, 5.74) is 11.8. The van der Waals surface area contributed by atoms with Gasteiger partial charge in [0.15, 0.2) is 11.6 Å². The largest absolute Gasteiger partial charge is 0.456 e. The summed E-state index contributed by atoms with van der Waals surface area (Å²) >= 11 is 0. The lowest BCUT2D eigenvalue weighted by Gasteiger charge is -2.13. The van der Waals surface area contributed by atoms with Crippen molar-refractivity contribution in [1.82, 2.24) is 24.9 Å². The van der Waals surface area contributed by atoms with Crippen molar-refractivity contribution in [2.45, 2.75) is 0 Å². The van der Waals surface area contributed by atoms with Crippen LogP contribution in [0.4, 0.5) is 0 Å². The van der Waals surface area contributed by atoms with Crippen molar-refractivity contribution in [3.63, 3.8) is 0 Å². The fraction of sp³-hybridized carbons (Fsp3) is 0. The zero-order valence-electron chi connectivity index (χ0n) is 29.5.